The van der Waals surface area contributed by atoms with Crippen molar-refractivity contribution < 1.29 is 14.4 Å². The predicted octanol–water partition coefficient (Wildman–Crippen LogP) is 3.48. The van der Waals surface area contributed by atoms with E-state index in [1.54, 1.807) is 31.2 Å². The Bertz CT molecular complexity index is 836. The lowest BCUT2D eigenvalue weighted by Crippen LogP contribution is -2.32. The average Bonchev–Trinajstić information content (AvgIpc) is 2.64. The monoisotopic (exact) mass is 369 g/mol. The van der Waals surface area contributed by atoms with E-state index in [9.17, 15) is 14.4 Å². The van der Waals surface area contributed by atoms with Gasteiger partial charge in [-0.1, -0.05) is 19.1 Å². The lowest BCUT2D eigenvalue weighted by molar-refractivity contribution is -0.120. The van der Waals surface area contributed by atoms with Gasteiger partial charge >= 0.3 is 0 Å². The Balaban J connectivity index is 1.57. The molecule has 134 valence electrons. The third-order valence-electron chi connectivity index (χ3n) is 3.85. The summed E-state index contributed by atoms with van der Waals surface area (Å²) in [4.78, 5) is 36.8. The number of fused-ring (bicyclic) bond motifs is 1. The standard InChI is InChI=1S/C19H19N3O3S/c1-2-17(23)20-12-7-9-13(10-8-12)21-18(24)11-16-19(25)22-14-5-3-4-6-15(14)26-16/h3-10,16H,2,11H2,1H3,(H,20,23)(H,21,24)(H,22,25). The van der Waals surface area contributed by atoms with Crippen molar-refractivity contribution in [3.05, 3.63) is 48.5 Å². The largest absolute Gasteiger partial charge is 0.326 e. The number of nitrogens with one attached hydrogen (secondary N) is 3. The van der Waals surface area contributed by atoms with E-state index in [-0.39, 0.29) is 24.1 Å². The molecule has 0 spiro atoms. The van der Waals surface area contributed by atoms with Crippen LogP contribution in [0.25, 0.3) is 0 Å². The number of hydrogen-bond donors (Lipinski definition) is 3. The maximum Gasteiger partial charge on any atom is 0.238 e. The summed E-state index contributed by atoms with van der Waals surface area (Å²) in [5, 5.41) is 7.89. The van der Waals surface area contributed by atoms with Gasteiger partial charge in [-0.15, -0.1) is 11.8 Å². The van der Waals surface area contributed by atoms with Crippen LogP contribution in [0.5, 0.6) is 0 Å². The Hall–Kier alpha value is -2.80. The summed E-state index contributed by atoms with van der Waals surface area (Å²) < 4.78 is 0. The zero-order chi connectivity index (χ0) is 18.5. The first-order chi connectivity index (χ1) is 12.5. The Morgan fingerprint density at radius 2 is 1.62 bits per heavy atom. The maximum absolute atomic E-state index is 12.3. The molecule has 0 saturated heterocycles. The van der Waals surface area contributed by atoms with Crippen LogP contribution in [0.1, 0.15) is 19.8 Å². The molecule has 2 aromatic rings. The molecule has 6 nitrogen and oxygen atoms in total. The zero-order valence-corrected chi connectivity index (χ0v) is 15.1. The fraction of sp³-hybridized carbons (Fsp3) is 0.211. The fourth-order valence-corrected chi connectivity index (χ4v) is 3.60. The third kappa shape index (κ3) is 4.43. The molecule has 26 heavy (non-hydrogen) atoms. The topological polar surface area (TPSA) is 87.3 Å². The maximum atomic E-state index is 12.3. The molecule has 0 aromatic heterocycles. The first-order valence-electron chi connectivity index (χ1n) is 8.31. The van der Waals surface area contributed by atoms with Crippen molar-refractivity contribution in [1.29, 1.82) is 0 Å². The minimum atomic E-state index is -0.465. The number of carbonyl (C=O) groups excluding carboxylic acids is 3. The second-order valence-electron chi connectivity index (χ2n) is 5.82. The number of thioether (sulfide) groups is 1. The lowest BCUT2D eigenvalue weighted by Gasteiger charge is -2.23. The van der Waals surface area contributed by atoms with Gasteiger partial charge in [0, 0.05) is 29.1 Å². The number of carbonyl (C=O) groups is 3. The Morgan fingerprint density at radius 3 is 2.27 bits per heavy atom. The van der Waals surface area contributed by atoms with Gasteiger partial charge in [0.2, 0.25) is 17.7 Å². The average molecular weight is 369 g/mol. The highest BCUT2D eigenvalue weighted by Crippen LogP contribution is 2.36. The summed E-state index contributed by atoms with van der Waals surface area (Å²) >= 11 is 1.40. The SMILES string of the molecule is CCC(=O)Nc1ccc(NC(=O)CC2Sc3ccccc3NC2=O)cc1. The number of rotatable bonds is 5. The normalized spacial score (nSPS) is 15.6. The van der Waals surface area contributed by atoms with Gasteiger partial charge in [0.1, 0.15) is 0 Å². The molecule has 0 aliphatic carbocycles. The molecular weight excluding hydrogens is 350 g/mol. The second kappa shape index (κ2) is 8.05. The van der Waals surface area contributed by atoms with Crippen LogP contribution in [0.2, 0.25) is 0 Å². The van der Waals surface area contributed by atoms with Crippen molar-refractivity contribution >= 4 is 46.5 Å². The molecule has 0 bridgehead atoms. The predicted molar refractivity (Wildman–Crippen MR) is 103 cm³/mol. The molecule has 2 aromatic carbocycles. The van der Waals surface area contributed by atoms with Gasteiger partial charge in [0.05, 0.1) is 10.9 Å². The smallest absolute Gasteiger partial charge is 0.238 e. The molecule has 3 rings (SSSR count). The molecule has 0 fully saturated rings. The van der Waals surface area contributed by atoms with Crippen LogP contribution in [-0.2, 0) is 14.4 Å². The van der Waals surface area contributed by atoms with Crippen LogP contribution in [0.4, 0.5) is 17.1 Å². The highest BCUT2D eigenvalue weighted by Gasteiger charge is 2.28. The number of hydrogen-bond acceptors (Lipinski definition) is 4. The minimum Gasteiger partial charge on any atom is -0.326 e. The van der Waals surface area contributed by atoms with Crippen LogP contribution >= 0.6 is 11.8 Å². The van der Waals surface area contributed by atoms with Crippen LogP contribution in [0.3, 0.4) is 0 Å². The van der Waals surface area contributed by atoms with Crippen molar-refractivity contribution in [2.75, 3.05) is 16.0 Å². The van der Waals surface area contributed by atoms with Crippen molar-refractivity contribution in [2.45, 2.75) is 29.9 Å². The Morgan fingerprint density at radius 1 is 1.00 bits per heavy atom. The van der Waals surface area contributed by atoms with Crippen LogP contribution in [-0.4, -0.2) is 23.0 Å². The van der Waals surface area contributed by atoms with E-state index in [1.165, 1.54) is 11.8 Å². The number of anilines is 3. The van der Waals surface area contributed by atoms with Crippen LogP contribution in [0.15, 0.2) is 53.4 Å². The first-order valence-corrected chi connectivity index (χ1v) is 9.19. The minimum absolute atomic E-state index is 0.0672. The van der Waals surface area contributed by atoms with E-state index < -0.39 is 5.25 Å². The number of benzene rings is 2. The van der Waals surface area contributed by atoms with Crippen LogP contribution in [0, 0.1) is 0 Å². The summed E-state index contributed by atoms with van der Waals surface area (Å²) in [6.07, 6.45) is 0.488. The highest BCUT2D eigenvalue weighted by atomic mass is 32.2. The molecule has 1 aliphatic rings. The molecule has 7 heteroatoms. The van der Waals surface area contributed by atoms with Crippen molar-refractivity contribution in [1.82, 2.24) is 0 Å². The lowest BCUT2D eigenvalue weighted by atomic mass is 10.2. The summed E-state index contributed by atoms with van der Waals surface area (Å²) in [5.74, 6) is -0.466. The molecule has 3 amide bonds. The molecule has 0 radical (unpaired) electrons. The molecule has 3 N–H and O–H groups in total. The van der Waals surface area contributed by atoms with Gasteiger partial charge in [-0.2, -0.15) is 0 Å². The Labute approximate surface area is 155 Å². The van der Waals surface area contributed by atoms with Crippen molar-refractivity contribution in [3.8, 4) is 0 Å². The third-order valence-corrected chi connectivity index (χ3v) is 5.13. The van der Waals surface area contributed by atoms with Crippen LogP contribution < -0.4 is 16.0 Å². The summed E-state index contributed by atoms with van der Waals surface area (Å²) in [7, 11) is 0. The molecule has 1 heterocycles. The summed E-state index contributed by atoms with van der Waals surface area (Å²) in [6.45, 7) is 1.78. The van der Waals surface area contributed by atoms with Gasteiger partial charge in [-0.25, -0.2) is 0 Å². The molecule has 1 atom stereocenters. The summed E-state index contributed by atoms with van der Waals surface area (Å²) in [5.41, 5.74) is 2.07. The Kier molecular flexibility index (Phi) is 5.58. The number of para-hydroxylation sites is 1. The van der Waals surface area contributed by atoms with E-state index in [0.29, 0.717) is 17.8 Å². The first kappa shape index (κ1) is 18.0. The second-order valence-corrected chi connectivity index (χ2v) is 7.07. The van der Waals surface area contributed by atoms with E-state index in [1.807, 2.05) is 24.3 Å². The quantitative estimate of drug-likeness (QED) is 0.753. The molecule has 1 unspecified atom stereocenters. The van der Waals surface area contributed by atoms with E-state index in [4.69, 9.17) is 0 Å². The molecule has 0 saturated carbocycles. The number of amides is 3. The van der Waals surface area contributed by atoms with Gasteiger partial charge < -0.3 is 16.0 Å². The highest BCUT2D eigenvalue weighted by molar-refractivity contribution is 8.01. The zero-order valence-electron chi connectivity index (χ0n) is 14.2. The van der Waals surface area contributed by atoms with Gasteiger partial charge in [-0.3, -0.25) is 14.4 Å². The molecular formula is C19H19N3O3S. The summed E-state index contributed by atoms with van der Waals surface area (Å²) in [6, 6.07) is 14.4. The van der Waals surface area contributed by atoms with Gasteiger partial charge in [0.25, 0.3) is 0 Å². The van der Waals surface area contributed by atoms with Gasteiger partial charge in [0.15, 0.2) is 0 Å². The van der Waals surface area contributed by atoms with E-state index in [0.717, 1.165) is 10.6 Å². The van der Waals surface area contributed by atoms with Gasteiger partial charge in [-0.05, 0) is 36.4 Å². The van der Waals surface area contributed by atoms with E-state index >= 15 is 0 Å². The fourth-order valence-electron chi connectivity index (χ4n) is 2.49. The van der Waals surface area contributed by atoms with Crippen molar-refractivity contribution in [2.24, 2.45) is 0 Å². The van der Waals surface area contributed by atoms with E-state index in [2.05, 4.69) is 16.0 Å². The van der Waals surface area contributed by atoms with Crippen molar-refractivity contribution in [3.63, 3.8) is 0 Å². The molecule has 1 aliphatic heterocycles.